The molecule has 2 heterocycles. The van der Waals surface area contributed by atoms with Gasteiger partial charge in [-0.15, -0.1) is 11.3 Å². The lowest BCUT2D eigenvalue weighted by Gasteiger charge is -2.31. The summed E-state index contributed by atoms with van der Waals surface area (Å²) in [6.07, 6.45) is 5.37. The minimum absolute atomic E-state index is 0.0839. The molecule has 0 unspecified atom stereocenters. The zero-order valence-electron chi connectivity index (χ0n) is 14.1. The number of carbonyl (C=O) groups excluding carboxylic acids is 1. The summed E-state index contributed by atoms with van der Waals surface area (Å²) < 4.78 is 1.19. The zero-order chi connectivity index (χ0) is 16.9. The fourth-order valence-electron chi connectivity index (χ4n) is 3.10. The standard InChI is InChI=1S/C18H24ClN3OS/c1-2-3-4-9-20-18(23)22-10-7-13(8-11-22)17-21-15-12-14(19)5-6-16(15)24-17/h5-6,12-13H,2-4,7-11H2,1H3,(H,20,23). The van der Waals surface area contributed by atoms with Crippen molar-refractivity contribution in [3.05, 3.63) is 28.2 Å². The van der Waals surface area contributed by atoms with Gasteiger partial charge >= 0.3 is 6.03 Å². The summed E-state index contributed by atoms with van der Waals surface area (Å²) in [7, 11) is 0. The number of amides is 2. The van der Waals surface area contributed by atoms with Crippen LogP contribution < -0.4 is 5.32 Å². The summed E-state index contributed by atoms with van der Waals surface area (Å²) in [5, 5.41) is 4.94. The molecule has 0 bridgehead atoms. The second kappa shape index (κ2) is 8.17. The number of thiazole rings is 1. The van der Waals surface area contributed by atoms with Crippen LogP contribution in [0.1, 0.15) is 50.0 Å². The summed E-state index contributed by atoms with van der Waals surface area (Å²) in [5.41, 5.74) is 0.985. The Labute approximate surface area is 152 Å². The highest BCUT2D eigenvalue weighted by Gasteiger charge is 2.25. The van der Waals surface area contributed by atoms with Crippen molar-refractivity contribution < 1.29 is 4.79 Å². The van der Waals surface area contributed by atoms with E-state index in [0.29, 0.717) is 5.92 Å². The largest absolute Gasteiger partial charge is 0.338 e. The Morgan fingerprint density at radius 3 is 2.92 bits per heavy atom. The first-order valence-electron chi connectivity index (χ1n) is 8.76. The number of nitrogens with zero attached hydrogens (tertiary/aromatic N) is 2. The zero-order valence-corrected chi connectivity index (χ0v) is 15.6. The van der Waals surface area contributed by atoms with Crippen molar-refractivity contribution in [2.75, 3.05) is 19.6 Å². The highest BCUT2D eigenvalue weighted by molar-refractivity contribution is 7.18. The van der Waals surface area contributed by atoms with E-state index >= 15 is 0 Å². The summed E-state index contributed by atoms with van der Waals surface area (Å²) in [6.45, 7) is 4.57. The number of urea groups is 1. The fraction of sp³-hybridized carbons (Fsp3) is 0.556. The van der Waals surface area contributed by atoms with E-state index in [1.54, 1.807) is 11.3 Å². The molecule has 0 saturated carbocycles. The van der Waals surface area contributed by atoms with Crippen LogP contribution in [0.3, 0.4) is 0 Å². The average Bonchev–Trinajstić information content (AvgIpc) is 3.02. The van der Waals surface area contributed by atoms with E-state index < -0.39 is 0 Å². The second-order valence-electron chi connectivity index (χ2n) is 6.36. The first kappa shape index (κ1) is 17.5. The van der Waals surface area contributed by atoms with E-state index in [-0.39, 0.29) is 6.03 Å². The summed E-state index contributed by atoms with van der Waals surface area (Å²) >= 11 is 7.80. The molecular formula is C18H24ClN3OS. The molecule has 2 amide bonds. The van der Waals surface area contributed by atoms with Crippen LogP contribution in [0.15, 0.2) is 18.2 Å². The van der Waals surface area contributed by atoms with Gasteiger partial charge in [0.1, 0.15) is 0 Å². The van der Waals surface area contributed by atoms with E-state index in [2.05, 4.69) is 12.2 Å². The van der Waals surface area contributed by atoms with Gasteiger partial charge in [-0.2, -0.15) is 0 Å². The molecule has 4 nitrogen and oxygen atoms in total. The lowest BCUT2D eigenvalue weighted by Crippen LogP contribution is -2.44. The van der Waals surface area contributed by atoms with Crippen LogP contribution in [-0.2, 0) is 0 Å². The van der Waals surface area contributed by atoms with Gasteiger partial charge < -0.3 is 10.2 Å². The number of nitrogens with one attached hydrogen (secondary N) is 1. The number of unbranched alkanes of at least 4 members (excludes halogenated alkanes) is 2. The van der Waals surface area contributed by atoms with Crippen molar-refractivity contribution in [1.82, 2.24) is 15.2 Å². The summed E-state index contributed by atoms with van der Waals surface area (Å²) in [5.74, 6) is 0.449. The van der Waals surface area contributed by atoms with Gasteiger partial charge in [0.2, 0.25) is 0 Å². The van der Waals surface area contributed by atoms with Crippen LogP contribution >= 0.6 is 22.9 Å². The monoisotopic (exact) mass is 365 g/mol. The average molecular weight is 366 g/mol. The fourth-order valence-corrected chi connectivity index (χ4v) is 4.39. The van der Waals surface area contributed by atoms with Gasteiger partial charge in [0.15, 0.2) is 0 Å². The Bertz CT molecular complexity index is 695. The molecule has 6 heteroatoms. The Morgan fingerprint density at radius 1 is 1.38 bits per heavy atom. The maximum absolute atomic E-state index is 12.2. The quantitative estimate of drug-likeness (QED) is 0.755. The predicted molar refractivity (Wildman–Crippen MR) is 101 cm³/mol. The molecule has 0 aliphatic carbocycles. The lowest BCUT2D eigenvalue weighted by atomic mass is 9.98. The Hall–Kier alpha value is -1.33. The van der Waals surface area contributed by atoms with E-state index in [1.807, 2.05) is 23.1 Å². The van der Waals surface area contributed by atoms with Crippen LogP contribution in [0.2, 0.25) is 5.02 Å². The van der Waals surface area contributed by atoms with E-state index in [9.17, 15) is 4.79 Å². The minimum Gasteiger partial charge on any atom is -0.338 e. The van der Waals surface area contributed by atoms with Crippen LogP contribution in [0.5, 0.6) is 0 Å². The van der Waals surface area contributed by atoms with Gasteiger partial charge in [0, 0.05) is 30.6 Å². The van der Waals surface area contributed by atoms with Crippen molar-refractivity contribution in [2.45, 2.75) is 44.9 Å². The van der Waals surface area contributed by atoms with Gasteiger partial charge in [0.25, 0.3) is 0 Å². The molecule has 0 spiro atoms. The highest BCUT2D eigenvalue weighted by atomic mass is 35.5. The molecular weight excluding hydrogens is 342 g/mol. The number of aromatic nitrogens is 1. The molecule has 1 aromatic heterocycles. The van der Waals surface area contributed by atoms with Gasteiger partial charge in [-0.3, -0.25) is 0 Å². The first-order valence-corrected chi connectivity index (χ1v) is 9.95. The maximum atomic E-state index is 12.2. The first-order chi connectivity index (χ1) is 11.7. The van der Waals surface area contributed by atoms with E-state index in [4.69, 9.17) is 16.6 Å². The Morgan fingerprint density at radius 2 is 2.17 bits per heavy atom. The number of hydrogen-bond donors (Lipinski definition) is 1. The number of fused-ring (bicyclic) bond motifs is 1. The molecule has 1 aliphatic heterocycles. The van der Waals surface area contributed by atoms with E-state index in [0.717, 1.165) is 49.4 Å². The molecule has 1 aromatic carbocycles. The number of piperidine rings is 1. The van der Waals surface area contributed by atoms with Crippen LogP contribution in [0.25, 0.3) is 10.2 Å². The lowest BCUT2D eigenvalue weighted by molar-refractivity contribution is 0.181. The van der Waals surface area contributed by atoms with Gasteiger partial charge in [-0.05, 0) is 37.5 Å². The smallest absolute Gasteiger partial charge is 0.317 e. The number of benzene rings is 1. The molecule has 0 atom stereocenters. The predicted octanol–water partition coefficient (Wildman–Crippen LogP) is 5.03. The SMILES string of the molecule is CCCCCNC(=O)N1CCC(c2nc3cc(Cl)ccc3s2)CC1. The number of rotatable bonds is 5. The third-order valence-electron chi connectivity index (χ3n) is 4.55. The third kappa shape index (κ3) is 4.19. The number of carbonyl (C=O) groups is 1. The second-order valence-corrected chi connectivity index (χ2v) is 7.86. The topological polar surface area (TPSA) is 45.2 Å². The van der Waals surface area contributed by atoms with Crippen molar-refractivity contribution >= 4 is 39.2 Å². The Balaban J connectivity index is 1.53. The van der Waals surface area contributed by atoms with Crippen molar-refractivity contribution in [1.29, 1.82) is 0 Å². The third-order valence-corrected chi connectivity index (χ3v) is 5.99. The summed E-state index contributed by atoms with van der Waals surface area (Å²) in [6, 6.07) is 5.96. The van der Waals surface area contributed by atoms with Crippen LogP contribution in [-0.4, -0.2) is 35.5 Å². The Kier molecular flexibility index (Phi) is 5.95. The summed E-state index contributed by atoms with van der Waals surface area (Å²) in [4.78, 5) is 18.9. The minimum atomic E-state index is 0.0839. The molecule has 3 rings (SSSR count). The molecule has 24 heavy (non-hydrogen) atoms. The van der Waals surface area contributed by atoms with Gasteiger partial charge in [-0.25, -0.2) is 9.78 Å². The molecule has 1 saturated heterocycles. The molecule has 1 aliphatic rings. The molecule has 130 valence electrons. The molecule has 2 aromatic rings. The van der Waals surface area contributed by atoms with Crippen molar-refractivity contribution in [3.8, 4) is 0 Å². The number of hydrogen-bond acceptors (Lipinski definition) is 3. The van der Waals surface area contributed by atoms with Gasteiger partial charge in [0.05, 0.1) is 15.2 Å². The van der Waals surface area contributed by atoms with Gasteiger partial charge in [-0.1, -0.05) is 31.4 Å². The molecule has 1 N–H and O–H groups in total. The van der Waals surface area contributed by atoms with Crippen LogP contribution in [0.4, 0.5) is 4.79 Å². The van der Waals surface area contributed by atoms with E-state index in [1.165, 1.54) is 22.5 Å². The molecule has 0 radical (unpaired) electrons. The maximum Gasteiger partial charge on any atom is 0.317 e. The number of likely N-dealkylation sites (tertiary alicyclic amines) is 1. The van der Waals surface area contributed by atoms with Crippen LogP contribution in [0, 0.1) is 0 Å². The van der Waals surface area contributed by atoms with Crippen molar-refractivity contribution in [2.24, 2.45) is 0 Å². The normalized spacial score (nSPS) is 15.8. The number of halogens is 1. The van der Waals surface area contributed by atoms with Crippen molar-refractivity contribution in [3.63, 3.8) is 0 Å². The highest BCUT2D eigenvalue weighted by Crippen LogP contribution is 2.34. The molecule has 1 fully saturated rings.